The fourth-order valence-corrected chi connectivity index (χ4v) is 4.49. The number of hydrazone groups is 1. The van der Waals surface area contributed by atoms with Crippen molar-refractivity contribution in [3.05, 3.63) is 81.4 Å². The molecule has 0 radical (unpaired) electrons. The minimum Gasteiger partial charge on any atom is -0.493 e. The first-order valence-corrected chi connectivity index (χ1v) is 11.5. The molecule has 0 unspecified atom stereocenters. The van der Waals surface area contributed by atoms with E-state index in [1.165, 1.54) is 63.1 Å². The summed E-state index contributed by atoms with van der Waals surface area (Å²) in [4.78, 5) is 28.8. The number of benzene rings is 3. The number of fused-ring (bicyclic) bond motifs is 1. The molecule has 0 saturated carbocycles. The zero-order chi connectivity index (χ0) is 25.8. The lowest BCUT2D eigenvalue weighted by atomic mass is 10.2. The second kappa shape index (κ2) is 10.4. The van der Waals surface area contributed by atoms with Crippen LogP contribution in [0.2, 0.25) is 0 Å². The third kappa shape index (κ3) is 4.96. The standard InChI is InChI=1S/C25H22N4O6S/c1-15-8-9-19-22(10-15)36-25(27-19)28(24(30)17-6-5-7-18(13-17)29(31)32)26-14-16-11-20(33-2)23(35-4)21(12-16)34-3/h5-14H,1-4H3/b26-14+. The quantitative estimate of drug-likeness (QED) is 0.183. The van der Waals surface area contributed by atoms with Gasteiger partial charge in [0.1, 0.15) is 0 Å². The van der Waals surface area contributed by atoms with E-state index < -0.39 is 10.8 Å². The normalized spacial score (nSPS) is 11.0. The number of nitro benzene ring substituents is 1. The monoisotopic (exact) mass is 506 g/mol. The van der Waals surface area contributed by atoms with Gasteiger partial charge in [0, 0.05) is 23.3 Å². The van der Waals surface area contributed by atoms with Crippen molar-refractivity contribution in [3.63, 3.8) is 0 Å². The Bertz CT molecular complexity index is 1460. The summed E-state index contributed by atoms with van der Waals surface area (Å²) in [5.74, 6) is 0.692. The summed E-state index contributed by atoms with van der Waals surface area (Å²) >= 11 is 1.29. The van der Waals surface area contributed by atoms with Crippen LogP contribution in [0.4, 0.5) is 10.8 Å². The van der Waals surface area contributed by atoms with Crippen molar-refractivity contribution in [2.24, 2.45) is 5.10 Å². The molecule has 0 aliphatic carbocycles. The lowest BCUT2D eigenvalue weighted by Gasteiger charge is -2.15. The number of hydrogen-bond acceptors (Lipinski definition) is 9. The van der Waals surface area contributed by atoms with Gasteiger partial charge in [0.05, 0.1) is 42.7 Å². The van der Waals surface area contributed by atoms with Gasteiger partial charge in [0.2, 0.25) is 10.9 Å². The Morgan fingerprint density at radius 3 is 2.42 bits per heavy atom. The van der Waals surface area contributed by atoms with Crippen LogP contribution in [0.1, 0.15) is 21.5 Å². The molecule has 10 nitrogen and oxygen atoms in total. The molecule has 0 N–H and O–H groups in total. The van der Waals surface area contributed by atoms with E-state index in [9.17, 15) is 14.9 Å². The number of methoxy groups -OCH3 is 3. The Morgan fingerprint density at radius 2 is 1.78 bits per heavy atom. The molecule has 1 amide bonds. The van der Waals surface area contributed by atoms with Crippen LogP contribution < -0.4 is 19.2 Å². The Balaban J connectivity index is 1.81. The third-order valence-corrected chi connectivity index (χ3v) is 6.21. The van der Waals surface area contributed by atoms with Crippen molar-refractivity contribution < 1.29 is 23.9 Å². The lowest BCUT2D eigenvalue weighted by molar-refractivity contribution is -0.384. The van der Waals surface area contributed by atoms with E-state index in [1.807, 2.05) is 25.1 Å². The number of aryl methyl sites for hydroxylation is 1. The number of anilines is 1. The van der Waals surface area contributed by atoms with Gasteiger partial charge in [-0.2, -0.15) is 10.1 Å². The van der Waals surface area contributed by atoms with Gasteiger partial charge >= 0.3 is 0 Å². The molecule has 0 atom stereocenters. The molecule has 0 aliphatic heterocycles. The zero-order valence-corrected chi connectivity index (χ0v) is 20.7. The molecule has 0 spiro atoms. The molecule has 184 valence electrons. The SMILES string of the molecule is COc1cc(/C=N/N(C(=O)c2cccc([N+](=O)[O-])c2)c2nc3ccc(C)cc3s2)cc(OC)c1OC. The maximum absolute atomic E-state index is 13.5. The Hall–Kier alpha value is -4.51. The van der Waals surface area contributed by atoms with E-state index in [0.29, 0.717) is 33.5 Å². The van der Waals surface area contributed by atoms with E-state index >= 15 is 0 Å². The van der Waals surface area contributed by atoms with E-state index in [-0.39, 0.29) is 11.3 Å². The van der Waals surface area contributed by atoms with Gasteiger partial charge in [-0.1, -0.05) is 23.5 Å². The highest BCUT2D eigenvalue weighted by atomic mass is 32.1. The Labute approximate surface area is 210 Å². The molecule has 3 aromatic carbocycles. The number of carbonyl (C=O) groups is 1. The number of thiazole rings is 1. The van der Waals surface area contributed by atoms with Crippen molar-refractivity contribution in [1.29, 1.82) is 0 Å². The highest BCUT2D eigenvalue weighted by Gasteiger charge is 2.23. The topological polar surface area (TPSA) is 116 Å². The van der Waals surface area contributed by atoms with Gasteiger partial charge in [0.15, 0.2) is 11.5 Å². The zero-order valence-electron chi connectivity index (χ0n) is 19.9. The highest BCUT2D eigenvalue weighted by Crippen LogP contribution is 2.38. The van der Waals surface area contributed by atoms with Crippen LogP contribution in [-0.4, -0.2) is 43.4 Å². The number of nitrogens with zero attached hydrogens (tertiary/aromatic N) is 4. The number of carbonyl (C=O) groups excluding carboxylic acids is 1. The first kappa shape index (κ1) is 24.6. The number of aromatic nitrogens is 1. The van der Waals surface area contributed by atoms with Crippen LogP contribution in [0.25, 0.3) is 10.2 Å². The van der Waals surface area contributed by atoms with Gasteiger partial charge < -0.3 is 14.2 Å². The molecular formula is C25H22N4O6S. The molecule has 0 bridgehead atoms. The first-order valence-electron chi connectivity index (χ1n) is 10.6. The van der Waals surface area contributed by atoms with E-state index in [0.717, 1.165) is 15.3 Å². The minimum atomic E-state index is -0.571. The van der Waals surface area contributed by atoms with Crippen molar-refractivity contribution in [2.45, 2.75) is 6.92 Å². The second-order valence-electron chi connectivity index (χ2n) is 7.60. The molecule has 4 aromatic rings. The number of amides is 1. The molecular weight excluding hydrogens is 484 g/mol. The summed E-state index contributed by atoms with van der Waals surface area (Å²) in [6.07, 6.45) is 1.46. The number of ether oxygens (including phenoxy) is 3. The third-order valence-electron chi connectivity index (χ3n) is 5.22. The van der Waals surface area contributed by atoms with E-state index in [4.69, 9.17) is 14.2 Å². The van der Waals surface area contributed by atoms with Crippen LogP contribution in [0.3, 0.4) is 0 Å². The fourth-order valence-electron chi connectivity index (χ4n) is 3.47. The van der Waals surface area contributed by atoms with Crippen molar-refractivity contribution in [1.82, 2.24) is 4.98 Å². The van der Waals surface area contributed by atoms with Crippen molar-refractivity contribution in [2.75, 3.05) is 26.3 Å². The predicted octanol–water partition coefficient (Wildman–Crippen LogP) is 5.22. The largest absolute Gasteiger partial charge is 0.493 e. The summed E-state index contributed by atoms with van der Waals surface area (Å²) in [6, 6.07) is 14.6. The van der Waals surface area contributed by atoms with Crippen LogP contribution in [0.15, 0.2) is 59.7 Å². The van der Waals surface area contributed by atoms with Crippen LogP contribution in [-0.2, 0) is 0 Å². The summed E-state index contributed by atoms with van der Waals surface area (Å²) in [6.45, 7) is 1.97. The number of hydrogen-bond donors (Lipinski definition) is 0. The summed E-state index contributed by atoms with van der Waals surface area (Å²) in [7, 11) is 4.50. The molecule has 11 heteroatoms. The average molecular weight is 507 g/mol. The molecule has 1 aromatic heterocycles. The van der Waals surface area contributed by atoms with Crippen LogP contribution in [0, 0.1) is 17.0 Å². The van der Waals surface area contributed by atoms with Gasteiger partial charge in [-0.25, -0.2) is 4.98 Å². The van der Waals surface area contributed by atoms with Gasteiger partial charge in [0.25, 0.3) is 11.6 Å². The number of nitro groups is 1. The minimum absolute atomic E-state index is 0.0988. The smallest absolute Gasteiger partial charge is 0.281 e. The number of rotatable bonds is 8. The Kier molecular flexibility index (Phi) is 7.11. The van der Waals surface area contributed by atoms with E-state index in [1.54, 1.807) is 12.1 Å². The van der Waals surface area contributed by atoms with E-state index in [2.05, 4.69) is 10.1 Å². The highest BCUT2D eigenvalue weighted by molar-refractivity contribution is 7.22. The predicted molar refractivity (Wildman–Crippen MR) is 138 cm³/mol. The molecule has 0 aliphatic rings. The summed E-state index contributed by atoms with van der Waals surface area (Å²) in [5.41, 5.74) is 2.23. The molecule has 0 fully saturated rings. The fraction of sp³-hybridized carbons (Fsp3) is 0.160. The van der Waals surface area contributed by atoms with Crippen LogP contribution >= 0.6 is 11.3 Å². The van der Waals surface area contributed by atoms with Crippen molar-refractivity contribution in [3.8, 4) is 17.2 Å². The van der Waals surface area contributed by atoms with Gasteiger partial charge in [-0.3, -0.25) is 14.9 Å². The summed E-state index contributed by atoms with van der Waals surface area (Å²) in [5, 5.41) is 17.1. The maximum Gasteiger partial charge on any atom is 0.281 e. The second-order valence-corrected chi connectivity index (χ2v) is 8.60. The maximum atomic E-state index is 13.5. The summed E-state index contributed by atoms with van der Waals surface area (Å²) < 4.78 is 17.0. The average Bonchev–Trinajstić information content (AvgIpc) is 3.30. The van der Waals surface area contributed by atoms with Crippen molar-refractivity contribution >= 4 is 44.5 Å². The lowest BCUT2D eigenvalue weighted by Crippen LogP contribution is -2.25. The van der Waals surface area contributed by atoms with Crippen LogP contribution in [0.5, 0.6) is 17.2 Å². The molecule has 0 saturated heterocycles. The molecule has 4 rings (SSSR count). The number of non-ortho nitro benzene ring substituents is 1. The van der Waals surface area contributed by atoms with Gasteiger partial charge in [-0.05, 0) is 42.8 Å². The molecule has 36 heavy (non-hydrogen) atoms. The van der Waals surface area contributed by atoms with Gasteiger partial charge in [-0.15, -0.1) is 0 Å². The molecule has 1 heterocycles. The first-order chi connectivity index (χ1) is 17.3. The Morgan fingerprint density at radius 1 is 1.06 bits per heavy atom.